The first kappa shape index (κ1) is 22.7. The maximum atomic E-state index is 12.7. The molecule has 0 aliphatic rings. The third kappa shape index (κ3) is 4.97. The zero-order valence-electron chi connectivity index (χ0n) is 19.5. The summed E-state index contributed by atoms with van der Waals surface area (Å²) in [6, 6.07) is 15.3. The van der Waals surface area contributed by atoms with E-state index in [0.717, 1.165) is 41.6 Å². The summed E-state index contributed by atoms with van der Waals surface area (Å²) in [6.07, 6.45) is 4.53. The van der Waals surface area contributed by atoms with Gasteiger partial charge in [0.25, 0.3) is 5.56 Å². The molecule has 0 aliphatic heterocycles. The third-order valence-corrected chi connectivity index (χ3v) is 6.12. The molecule has 0 fully saturated rings. The van der Waals surface area contributed by atoms with Gasteiger partial charge in [-0.25, -0.2) is 9.97 Å². The van der Waals surface area contributed by atoms with Crippen molar-refractivity contribution in [2.24, 2.45) is 13.0 Å². The molecule has 0 radical (unpaired) electrons. The van der Waals surface area contributed by atoms with Crippen LogP contribution >= 0.6 is 0 Å². The van der Waals surface area contributed by atoms with E-state index in [2.05, 4.69) is 28.7 Å². The highest BCUT2D eigenvalue weighted by molar-refractivity contribution is 5.78. The molecular formula is C26H31N5O2. The minimum absolute atomic E-state index is 0.0134. The molecule has 1 atom stereocenters. The van der Waals surface area contributed by atoms with Crippen LogP contribution in [0.4, 0.5) is 0 Å². The quantitative estimate of drug-likeness (QED) is 0.388. The largest absolute Gasteiger partial charge is 0.346 e. The summed E-state index contributed by atoms with van der Waals surface area (Å²) in [6.45, 7) is 4.80. The van der Waals surface area contributed by atoms with Crippen molar-refractivity contribution >= 4 is 27.8 Å². The van der Waals surface area contributed by atoms with Crippen LogP contribution in [0.2, 0.25) is 0 Å². The summed E-state index contributed by atoms with van der Waals surface area (Å²) in [4.78, 5) is 34.4. The fourth-order valence-corrected chi connectivity index (χ4v) is 4.23. The Morgan fingerprint density at radius 2 is 1.73 bits per heavy atom. The Morgan fingerprint density at radius 1 is 1.00 bits per heavy atom. The van der Waals surface area contributed by atoms with Gasteiger partial charge in [-0.05, 0) is 43.0 Å². The number of nitrogens with zero attached hydrogens (tertiary/aromatic N) is 4. The molecule has 1 unspecified atom stereocenters. The predicted molar refractivity (Wildman–Crippen MR) is 131 cm³/mol. The summed E-state index contributed by atoms with van der Waals surface area (Å²) in [5.41, 5.74) is 2.70. The Balaban J connectivity index is 1.30. The van der Waals surface area contributed by atoms with Crippen molar-refractivity contribution in [1.29, 1.82) is 0 Å². The highest BCUT2D eigenvalue weighted by atomic mass is 16.1. The molecule has 0 bridgehead atoms. The van der Waals surface area contributed by atoms with Crippen LogP contribution in [0.1, 0.15) is 51.4 Å². The van der Waals surface area contributed by atoms with Gasteiger partial charge in [0, 0.05) is 20.0 Å². The number of para-hydroxylation sites is 3. The average Bonchev–Trinajstić information content (AvgIpc) is 3.15. The van der Waals surface area contributed by atoms with E-state index in [-0.39, 0.29) is 23.4 Å². The van der Waals surface area contributed by atoms with Crippen LogP contribution < -0.4 is 10.9 Å². The zero-order valence-corrected chi connectivity index (χ0v) is 19.5. The van der Waals surface area contributed by atoms with Crippen LogP contribution in [0.3, 0.4) is 0 Å². The highest BCUT2D eigenvalue weighted by Gasteiger charge is 2.23. The number of nitrogens with one attached hydrogen (secondary N) is 1. The lowest BCUT2D eigenvalue weighted by molar-refractivity contribution is -0.122. The number of amides is 1. The van der Waals surface area contributed by atoms with Crippen LogP contribution in [0, 0.1) is 5.92 Å². The molecule has 0 saturated heterocycles. The first-order chi connectivity index (χ1) is 16.0. The molecule has 7 heteroatoms. The summed E-state index contributed by atoms with van der Waals surface area (Å²) < 4.78 is 3.72. The lowest BCUT2D eigenvalue weighted by Gasteiger charge is -2.22. The average molecular weight is 446 g/mol. The van der Waals surface area contributed by atoms with Crippen molar-refractivity contribution in [3.05, 3.63) is 71.0 Å². The van der Waals surface area contributed by atoms with Gasteiger partial charge in [-0.1, -0.05) is 44.5 Å². The number of hydrogen-bond donors (Lipinski definition) is 1. The molecule has 172 valence electrons. The van der Waals surface area contributed by atoms with Crippen LogP contribution in [0.25, 0.3) is 21.9 Å². The number of hydrogen-bond acceptors (Lipinski definition) is 4. The zero-order chi connectivity index (χ0) is 23.4. The van der Waals surface area contributed by atoms with E-state index < -0.39 is 0 Å². The summed E-state index contributed by atoms with van der Waals surface area (Å²) >= 11 is 0. The molecule has 1 amide bonds. The van der Waals surface area contributed by atoms with Crippen molar-refractivity contribution in [3.63, 3.8) is 0 Å². The van der Waals surface area contributed by atoms with Gasteiger partial charge < -0.3 is 9.88 Å². The molecule has 0 spiro atoms. The number of aryl methyl sites for hydroxylation is 2. The number of aromatic nitrogens is 4. The minimum atomic E-state index is -0.142. The Kier molecular flexibility index (Phi) is 6.87. The monoisotopic (exact) mass is 445 g/mol. The van der Waals surface area contributed by atoms with E-state index in [1.807, 2.05) is 49.5 Å². The molecule has 0 aliphatic carbocycles. The normalized spacial score (nSPS) is 12.5. The molecule has 2 aromatic carbocycles. The second-order valence-electron chi connectivity index (χ2n) is 8.88. The first-order valence-corrected chi connectivity index (χ1v) is 11.6. The number of rotatable bonds is 9. The van der Waals surface area contributed by atoms with Crippen LogP contribution in [0.5, 0.6) is 0 Å². The van der Waals surface area contributed by atoms with Gasteiger partial charge in [0.2, 0.25) is 5.91 Å². The molecular weight excluding hydrogens is 414 g/mol. The molecule has 7 nitrogen and oxygen atoms in total. The molecule has 2 aromatic heterocycles. The van der Waals surface area contributed by atoms with E-state index >= 15 is 0 Å². The Labute approximate surface area is 193 Å². The Bertz CT molecular complexity index is 1320. The summed E-state index contributed by atoms with van der Waals surface area (Å²) in [7, 11) is 2.00. The Morgan fingerprint density at radius 3 is 2.48 bits per heavy atom. The molecule has 1 N–H and O–H groups in total. The van der Waals surface area contributed by atoms with Gasteiger partial charge in [-0.2, -0.15) is 0 Å². The fourth-order valence-electron chi connectivity index (χ4n) is 4.23. The lowest BCUT2D eigenvalue weighted by Crippen LogP contribution is -2.33. The van der Waals surface area contributed by atoms with Crippen LogP contribution in [-0.4, -0.2) is 25.0 Å². The molecule has 4 rings (SSSR count). The van der Waals surface area contributed by atoms with Crippen molar-refractivity contribution in [2.75, 3.05) is 0 Å². The second-order valence-corrected chi connectivity index (χ2v) is 8.88. The maximum Gasteiger partial charge on any atom is 0.261 e. The van der Waals surface area contributed by atoms with Crippen molar-refractivity contribution in [2.45, 2.75) is 52.1 Å². The maximum absolute atomic E-state index is 12.7. The second kappa shape index (κ2) is 9.98. The first-order valence-electron chi connectivity index (χ1n) is 11.6. The van der Waals surface area contributed by atoms with Crippen LogP contribution in [0.15, 0.2) is 59.7 Å². The molecule has 4 aromatic rings. The number of benzene rings is 2. The van der Waals surface area contributed by atoms with Gasteiger partial charge in [0.1, 0.15) is 5.82 Å². The standard InChI is InChI=1S/C26H31N5O2/c1-18(2)24(25-28-21-13-8-9-14-22(21)30(25)3)29-23(32)15-5-4-10-16-31-17-27-20-12-7-6-11-19(20)26(31)33/h6-9,11-14,17-18,24H,4-5,10,15-16H2,1-3H3,(H,29,32). The summed E-state index contributed by atoms with van der Waals surface area (Å²) in [5, 5.41) is 3.82. The van der Waals surface area contributed by atoms with Gasteiger partial charge in [-0.3, -0.25) is 14.2 Å². The SMILES string of the molecule is CC(C)C(NC(=O)CCCCCn1cnc2ccccc2c1=O)c1nc2ccccc2n1C. The van der Waals surface area contributed by atoms with E-state index in [1.54, 1.807) is 17.0 Å². The topological polar surface area (TPSA) is 81.8 Å². The molecule has 33 heavy (non-hydrogen) atoms. The minimum Gasteiger partial charge on any atom is -0.346 e. The van der Waals surface area contributed by atoms with Crippen molar-refractivity contribution < 1.29 is 4.79 Å². The third-order valence-electron chi connectivity index (χ3n) is 6.12. The number of unbranched alkanes of at least 4 members (excludes halogenated alkanes) is 2. The van der Waals surface area contributed by atoms with Crippen molar-refractivity contribution in [3.8, 4) is 0 Å². The number of carbonyl (C=O) groups is 1. The highest BCUT2D eigenvalue weighted by Crippen LogP contribution is 2.25. The van der Waals surface area contributed by atoms with E-state index in [1.165, 1.54) is 0 Å². The van der Waals surface area contributed by atoms with Crippen LogP contribution in [-0.2, 0) is 18.4 Å². The lowest BCUT2D eigenvalue weighted by atomic mass is 10.0. The Hall–Kier alpha value is -3.48. The van der Waals surface area contributed by atoms with E-state index in [9.17, 15) is 9.59 Å². The fraction of sp³-hybridized carbons (Fsp3) is 0.385. The van der Waals surface area contributed by atoms with Gasteiger partial charge >= 0.3 is 0 Å². The molecule has 0 saturated carbocycles. The number of imidazole rings is 1. The number of carbonyl (C=O) groups excluding carboxylic acids is 1. The number of fused-ring (bicyclic) bond motifs is 2. The van der Waals surface area contributed by atoms with Gasteiger partial charge in [-0.15, -0.1) is 0 Å². The smallest absolute Gasteiger partial charge is 0.261 e. The molecule has 2 heterocycles. The predicted octanol–water partition coefficient (Wildman–Crippen LogP) is 4.36. The van der Waals surface area contributed by atoms with Crippen molar-refractivity contribution in [1.82, 2.24) is 24.4 Å². The van der Waals surface area contributed by atoms with Gasteiger partial charge in [0.05, 0.1) is 34.3 Å². The van der Waals surface area contributed by atoms with E-state index in [4.69, 9.17) is 4.98 Å². The van der Waals surface area contributed by atoms with E-state index in [0.29, 0.717) is 18.4 Å². The van der Waals surface area contributed by atoms with Gasteiger partial charge in [0.15, 0.2) is 0 Å². The summed E-state index contributed by atoms with van der Waals surface area (Å²) in [5.74, 6) is 1.13.